The van der Waals surface area contributed by atoms with Crippen molar-refractivity contribution in [3.63, 3.8) is 0 Å². The van der Waals surface area contributed by atoms with E-state index < -0.39 is 0 Å². The summed E-state index contributed by atoms with van der Waals surface area (Å²) in [6, 6.07) is 0. The van der Waals surface area contributed by atoms with Crippen LogP contribution < -0.4 is 10.6 Å². The lowest BCUT2D eigenvalue weighted by Crippen LogP contribution is -2.57. The van der Waals surface area contributed by atoms with Crippen LogP contribution in [0.3, 0.4) is 0 Å². The Bertz CT molecular complexity index is 164. The molecule has 0 atom stereocenters. The molecule has 0 spiro atoms. The summed E-state index contributed by atoms with van der Waals surface area (Å²) in [6.45, 7) is 2.98. The number of piperidine rings is 1. The first-order valence-electron chi connectivity index (χ1n) is 4.77. The van der Waals surface area contributed by atoms with E-state index >= 15 is 0 Å². The minimum absolute atomic E-state index is 0.0109. The minimum Gasteiger partial charge on any atom is -0.352 e. The summed E-state index contributed by atoms with van der Waals surface area (Å²) in [5.41, 5.74) is -0.0109. The second-order valence-electron chi connectivity index (χ2n) is 3.88. The first kappa shape index (κ1) is 10.5. The smallest absolute Gasteiger partial charge is 0.207 e. The second kappa shape index (κ2) is 4.58. The fourth-order valence-corrected chi connectivity index (χ4v) is 1.88. The predicted molar refractivity (Wildman–Crippen MR) is 52.6 cm³/mol. The number of carbonyl (C=O) groups excluding carboxylic acids is 1. The van der Waals surface area contributed by atoms with E-state index in [1.54, 1.807) is 0 Å². The van der Waals surface area contributed by atoms with Crippen LogP contribution in [-0.2, 0) is 4.79 Å². The van der Waals surface area contributed by atoms with Crippen LogP contribution in [0.25, 0.3) is 0 Å². The van der Waals surface area contributed by atoms with E-state index in [-0.39, 0.29) is 5.54 Å². The average Bonchev–Trinajstić information content (AvgIpc) is 2.11. The van der Waals surface area contributed by atoms with Crippen molar-refractivity contribution in [2.75, 3.05) is 33.7 Å². The lowest BCUT2D eigenvalue weighted by Gasteiger charge is -2.40. The largest absolute Gasteiger partial charge is 0.352 e. The maximum atomic E-state index is 10.5. The summed E-state index contributed by atoms with van der Waals surface area (Å²) in [5.74, 6) is 0. The number of nitrogens with one attached hydrogen (secondary N) is 2. The zero-order chi connectivity index (χ0) is 9.73. The molecule has 1 fully saturated rings. The molecule has 0 saturated carbocycles. The van der Waals surface area contributed by atoms with Crippen molar-refractivity contribution < 1.29 is 4.79 Å². The van der Waals surface area contributed by atoms with Gasteiger partial charge in [0.1, 0.15) is 0 Å². The van der Waals surface area contributed by atoms with E-state index in [1.807, 2.05) is 7.05 Å². The number of likely N-dealkylation sites (tertiary alicyclic amines) is 1. The molecule has 1 aliphatic heterocycles. The fraction of sp³-hybridized carbons (Fsp3) is 0.889. The van der Waals surface area contributed by atoms with Crippen molar-refractivity contribution >= 4 is 6.41 Å². The maximum Gasteiger partial charge on any atom is 0.207 e. The molecule has 1 rings (SSSR count). The van der Waals surface area contributed by atoms with Gasteiger partial charge >= 0.3 is 0 Å². The molecule has 0 radical (unpaired) electrons. The van der Waals surface area contributed by atoms with Crippen LogP contribution >= 0.6 is 0 Å². The highest BCUT2D eigenvalue weighted by Gasteiger charge is 2.32. The number of hydrogen-bond donors (Lipinski definition) is 2. The summed E-state index contributed by atoms with van der Waals surface area (Å²) in [4.78, 5) is 12.8. The molecule has 0 unspecified atom stereocenters. The normalized spacial score (nSPS) is 22.6. The molecule has 13 heavy (non-hydrogen) atoms. The third-order valence-electron chi connectivity index (χ3n) is 2.82. The van der Waals surface area contributed by atoms with E-state index in [0.717, 1.165) is 38.9 Å². The molecule has 2 N–H and O–H groups in total. The Hall–Kier alpha value is -0.610. The molecule has 4 heteroatoms. The standard InChI is InChI=1S/C9H19N3O/c1-10-7-9(11-8-13)3-5-12(2)6-4-9/h8,10H,3-7H2,1-2H3,(H,11,13). The number of likely N-dealkylation sites (N-methyl/N-ethyl adjacent to an activating group) is 1. The lowest BCUT2D eigenvalue weighted by atomic mass is 9.88. The molecule has 1 amide bonds. The van der Waals surface area contributed by atoms with Crippen molar-refractivity contribution in [2.24, 2.45) is 0 Å². The van der Waals surface area contributed by atoms with Crippen molar-refractivity contribution in [1.82, 2.24) is 15.5 Å². The number of hydrogen-bond acceptors (Lipinski definition) is 3. The highest BCUT2D eigenvalue weighted by molar-refractivity contribution is 5.48. The van der Waals surface area contributed by atoms with E-state index in [2.05, 4.69) is 22.6 Å². The monoisotopic (exact) mass is 185 g/mol. The van der Waals surface area contributed by atoms with Crippen LogP contribution in [0.15, 0.2) is 0 Å². The van der Waals surface area contributed by atoms with Gasteiger partial charge < -0.3 is 15.5 Å². The highest BCUT2D eigenvalue weighted by atomic mass is 16.1. The molecule has 0 aromatic carbocycles. The van der Waals surface area contributed by atoms with Crippen LogP contribution in [-0.4, -0.2) is 50.6 Å². The van der Waals surface area contributed by atoms with E-state index in [1.165, 1.54) is 0 Å². The quantitative estimate of drug-likeness (QED) is 0.576. The molecule has 1 aliphatic rings. The van der Waals surface area contributed by atoms with Crippen molar-refractivity contribution in [1.29, 1.82) is 0 Å². The van der Waals surface area contributed by atoms with Gasteiger partial charge in [0.25, 0.3) is 0 Å². The van der Waals surface area contributed by atoms with Gasteiger partial charge in [-0.25, -0.2) is 0 Å². The Morgan fingerprint density at radius 2 is 2.08 bits per heavy atom. The van der Waals surface area contributed by atoms with Gasteiger partial charge in [0, 0.05) is 19.6 Å². The summed E-state index contributed by atoms with van der Waals surface area (Å²) < 4.78 is 0. The molecule has 76 valence electrons. The maximum absolute atomic E-state index is 10.5. The molecule has 0 bridgehead atoms. The molecular weight excluding hydrogens is 166 g/mol. The number of amides is 1. The molecule has 1 saturated heterocycles. The van der Waals surface area contributed by atoms with Gasteiger partial charge in [-0.05, 0) is 26.9 Å². The van der Waals surface area contributed by atoms with Crippen LogP contribution in [0.2, 0.25) is 0 Å². The van der Waals surface area contributed by atoms with Gasteiger partial charge in [0.15, 0.2) is 0 Å². The third-order valence-corrected chi connectivity index (χ3v) is 2.82. The number of nitrogens with zero attached hydrogens (tertiary/aromatic N) is 1. The van der Waals surface area contributed by atoms with Crippen molar-refractivity contribution in [3.05, 3.63) is 0 Å². The zero-order valence-corrected chi connectivity index (χ0v) is 8.47. The van der Waals surface area contributed by atoms with Crippen LogP contribution in [0, 0.1) is 0 Å². The fourth-order valence-electron chi connectivity index (χ4n) is 1.88. The SMILES string of the molecule is CNCC1(NC=O)CCN(C)CC1. The van der Waals surface area contributed by atoms with Gasteiger partial charge in [-0.2, -0.15) is 0 Å². The van der Waals surface area contributed by atoms with Crippen LogP contribution in [0.4, 0.5) is 0 Å². The second-order valence-corrected chi connectivity index (χ2v) is 3.88. The van der Waals surface area contributed by atoms with Gasteiger partial charge in [0.2, 0.25) is 6.41 Å². The van der Waals surface area contributed by atoms with Gasteiger partial charge in [0.05, 0.1) is 5.54 Å². The molecule has 0 aromatic rings. The van der Waals surface area contributed by atoms with Crippen molar-refractivity contribution in [3.8, 4) is 0 Å². The highest BCUT2D eigenvalue weighted by Crippen LogP contribution is 2.19. The zero-order valence-electron chi connectivity index (χ0n) is 8.47. The molecule has 4 nitrogen and oxygen atoms in total. The van der Waals surface area contributed by atoms with Gasteiger partial charge in [-0.1, -0.05) is 0 Å². The third kappa shape index (κ3) is 2.67. The van der Waals surface area contributed by atoms with E-state index in [9.17, 15) is 4.79 Å². The summed E-state index contributed by atoms with van der Waals surface area (Å²) >= 11 is 0. The van der Waals surface area contributed by atoms with Gasteiger partial charge in [-0.3, -0.25) is 4.79 Å². The van der Waals surface area contributed by atoms with Crippen LogP contribution in [0.1, 0.15) is 12.8 Å². The van der Waals surface area contributed by atoms with Crippen molar-refractivity contribution in [2.45, 2.75) is 18.4 Å². The molecule has 1 heterocycles. The first-order valence-corrected chi connectivity index (χ1v) is 4.77. The topological polar surface area (TPSA) is 44.4 Å². The summed E-state index contributed by atoms with van der Waals surface area (Å²) in [7, 11) is 4.04. The lowest BCUT2D eigenvalue weighted by molar-refractivity contribution is -0.111. The Kier molecular flexibility index (Phi) is 3.69. The molecular formula is C9H19N3O. The first-order chi connectivity index (χ1) is 6.22. The average molecular weight is 185 g/mol. The Balaban J connectivity index is 2.51. The molecule has 0 aliphatic carbocycles. The summed E-state index contributed by atoms with van der Waals surface area (Å²) in [6.07, 6.45) is 2.88. The predicted octanol–water partition coefficient (Wildman–Crippen LogP) is -0.584. The number of rotatable bonds is 4. The van der Waals surface area contributed by atoms with Gasteiger partial charge in [-0.15, -0.1) is 0 Å². The Labute approximate surface area is 79.7 Å². The minimum atomic E-state index is -0.0109. The number of carbonyl (C=O) groups is 1. The summed E-state index contributed by atoms with van der Waals surface area (Å²) in [5, 5.41) is 6.09. The molecule has 0 aromatic heterocycles. The van der Waals surface area contributed by atoms with Crippen LogP contribution in [0.5, 0.6) is 0 Å². The Morgan fingerprint density at radius 3 is 2.54 bits per heavy atom. The Morgan fingerprint density at radius 1 is 1.46 bits per heavy atom. The van der Waals surface area contributed by atoms with E-state index in [4.69, 9.17) is 0 Å². The van der Waals surface area contributed by atoms with E-state index in [0.29, 0.717) is 0 Å².